The van der Waals surface area contributed by atoms with Crippen LogP contribution in [0.25, 0.3) is 0 Å². The summed E-state index contributed by atoms with van der Waals surface area (Å²) in [4.78, 5) is 13.6. The topological polar surface area (TPSA) is 129 Å². The van der Waals surface area contributed by atoms with Crippen molar-refractivity contribution in [1.82, 2.24) is 4.57 Å². The number of allylic oxidation sites excluding steroid dienone is 1. The molecule has 0 saturated heterocycles. The van der Waals surface area contributed by atoms with Gasteiger partial charge >= 0.3 is 0 Å². The lowest BCUT2D eigenvalue weighted by Gasteiger charge is -2.27. The van der Waals surface area contributed by atoms with Crippen molar-refractivity contribution in [3.05, 3.63) is 110 Å². The van der Waals surface area contributed by atoms with Gasteiger partial charge in [0, 0.05) is 30.4 Å². The molecule has 3 aromatic rings. The molecule has 1 aromatic heterocycles. The average Bonchev–Trinajstić information content (AvgIpc) is 2.78. The van der Waals surface area contributed by atoms with Crippen LogP contribution in [-0.2, 0) is 13.0 Å². The van der Waals surface area contributed by atoms with Gasteiger partial charge in [-0.15, -0.1) is 0 Å². The van der Waals surface area contributed by atoms with E-state index in [0.29, 0.717) is 29.8 Å². The van der Waals surface area contributed by atoms with Crippen LogP contribution in [0.1, 0.15) is 28.3 Å². The minimum absolute atomic E-state index is 0.0619. The van der Waals surface area contributed by atoms with Crippen LogP contribution in [0.3, 0.4) is 0 Å². The number of rotatable bonds is 5. The number of benzene rings is 2. The second-order valence-corrected chi connectivity index (χ2v) is 7.61. The fraction of sp³-hybridized carbons (Fsp3) is 0.167. The Morgan fingerprint density at radius 1 is 1.22 bits per heavy atom. The molecule has 0 bridgehead atoms. The summed E-state index contributed by atoms with van der Waals surface area (Å²) < 4.78 is 7.33. The second-order valence-electron chi connectivity index (χ2n) is 7.61. The summed E-state index contributed by atoms with van der Waals surface area (Å²) in [5, 5.41) is 29.1. The van der Waals surface area contributed by atoms with E-state index in [9.17, 15) is 20.5 Å². The molecular formula is C24H22N4O4. The molecule has 2 unspecified atom stereocenters. The summed E-state index contributed by atoms with van der Waals surface area (Å²) in [5.74, 6) is -0.497. The Balaban J connectivity index is 1.81. The van der Waals surface area contributed by atoms with Crippen molar-refractivity contribution in [2.45, 2.75) is 25.8 Å². The van der Waals surface area contributed by atoms with E-state index in [1.54, 1.807) is 22.8 Å². The van der Waals surface area contributed by atoms with Crippen LogP contribution in [0.5, 0.6) is 5.75 Å². The first kappa shape index (κ1) is 21.3. The summed E-state index contributed by atoms with van der Waals surface area (Å²) in [5.41, 5.74) is 8.72. The number of hydrogen-bond donors (Lipinski definition) is 3. The zero-order valence-corrected chi connectivity index (χ0v) is 17.4. The maximum atomic E-state index is 13.6. The molecule has 2 atom stereocenters. The van der Waals surface area contributed by atoms with Crippen molar-refractivity contribution >= 4 is 5.69 Å². The van der Waals surface area contributed by atoms with Crippen molar-refractivity contribution in [1.29, 1.82) is 5.26 Å². The summed E-state index contributed by atoms with van der Waals surface area (Å²) in [6.45, 7) is 2.29. The smallest absolute Gasteiger partial charge is 0.258 e. The summed E-state index contributed by atoms with van der Waals surface area (Å²) in [6, 6.07) is 19.8. The Kier molecular flexibility index (Phi) is 5.79. The van der Waals surface area contributed by atoms with Gasteiger partial charge in [-0.1, -0.05) is 42.5 Å². The molecule has 2 aromatic carbocycles. The highest BCUT2D eigenvalue weighted by Gasteiger charge is 2.34. The van der Waals surface area contributed by atoms with Gasteiger partial charge in [0.25, 0.3) is 5.56 Å². The van der Waals surface area contributed by atoms with E-state index >= 15 is 0 Å². The summed E-state index contributed by atoms with van der Waals surface area (Å²) in [7, 11) is 0. The predicted octanol–water partition coefficient (Wildman–Crippen LogP) is 2.02. The van der Waals surface area contributed by atoms with Gasteiger partial charge in [-0.25, -0.2) is 5.21 Å². The number of aryl methyl sites for hydroxylation is 2. The first-order valence-corrected chi connectivity index (χ1v) is 10.1. The third-order valence-corrected chi connectivity index (χ3v) is 5.65. The standard InChI is InChI=1S/C24H22N4O4/c1-15-13-20-22(24(29)27(15)12-11-16-5-3-2-4-6-16)21(19(14-25)23(26)32-20)17-7-9-18(10-8-17)28(30)31/h2-10,13,21,28,30H,11-12,26H2,1H3. The lowest BCUT2D eigenvalue weighted by molar-refractivity contribution is -0.991. The van der Waals surface area contributed by atoms with Crippen LogP contribution in [0.4, 0.5) is 5.69 Å². The van der Waals surface area contributed by atoms with E-state index in [0.717, 1.165) is 11.3 Å². The fourth-order valence-corrected chi connectivity index (χ4v) is 4.00. The maximum Gasteiger partial charge on any atom is 0.258 e. The van der Waals surface area contributed by atoms with Gasteiger partial charge in [0.2, 0.25) is 5.88 Å². The van der Waals surface area contributed by atoms with Crippen LogP contribution in [0, 0.1) is 23.5 Å². The largest absolute Gasteiger partial charge is 0.595 e. The van der Waals surface area contributed by atoms with Gasteiger partial charge in [0.1, 0.15) is 17.4 Å². The third-order valence-electron chi connectivity index (χ3n) is 5.65. The molecule has 162 valence electrons. The van der Waals surface area contributed by atoms with Gasteiger partial charge in [0.15, 0.2) is 5.69 Å². The molecule has 8 nitrogen and oxygen atoms in total. The Labute approximate surface area is 184 Å². The number of hydrogen-bond acceptors (Lipinski definition) is 6. The number of fused-ring (bicyclic) bond motifs is 1. The molecule has 0 saturated carbocycles. The van der Waals surface area contributed by atoms with Crippen LogP contribution in [-0.4, -0.2) is 9.77 Å². The van der Waals surface area contributed by atoms with E-state index in [1.165, 1.54) is 12.1 Å². The molecule has 32 heavy (non-hydrogen) atoms. The molecule has 0 spiro atoms. The molecule has 0 radical (unpaired) electrons. The number of nitrogens with one attached hydrogen (secondary N) is 1. The zero-order valence-electron chi connectivity index (χ0n) is 17.4. The number of quaternary nitrogens is 1. The molecule has 8 heteroatoms. The normalized spacial score (nSPS) is 16.1. The third kappa shape index (κ3) is 3.88. The van der Waals surface area contributed by atoms with E-state index in [-0.39, 0.29) is 22.7 Å². The average molecular weight is 430 g/mol. The lowest BCUT2D eigenvalue weighted by Crippen LogP contribution is -2.99. The Hall–Kier alpha value is -3.90. The number of aromatic nitrogens is 1. The number of ether oxygens (including phenoxy) is 1. The minimum Gasteiger partial charge on any atom is -0.595 e. The van der Waals surface area contributed by atoms with Crippen molar-refractivity contribution < 1.29 is 15.2 Å². The highest BCUT2D eigenvalue weighted by molar-refractivity contribution is 5.56. The molecule has 1 aliphatic rings. The summed E-state index contributed by atoms with van der Waals surface area (Å²) in [6.07, 6.45) is 0.669. The van der Waals surface area contributed by atoms with Crippen LogP contribution in [0.2, 0.25) is 0 Å². The maximum absolute atomic E-state index is 13.6. The van der Waals surface area contributed by atoms with Crippen molar-refractivity contribution in [3.63, 3.8) is 0 Å². The van der Waals surface area contributed by atoms with Gasteiger partial charge in [-0.2, -0.15) is 10.5 Å². The molecule has 0 amide bonds. The van der Waals surface area contributed by atoms with E-state index in [1.807, 2.05) is 37.3 Å². The number of nitrogens with zero attached hydrogens (tertiary/aromatic N) is 2. The Morgan fingerprint density at radius 3 is 2.53 bits per heavy atom. The van der Waals surface area contributed by atoms with Gasteiger partial charge in [-0.3, -0.25) is 4.79 Å². The van der Waals surface area contributed by atoms with Gasteiger partial charge < -0.3 is 20.2 Å². The quantitative estimate of drug-likeness (QED) is 0.531. The van der Waals surface area contributed by atoms with E-state index in [2.05, 4.69) is 6.07 Å². The predicted molar refractivity (Wildman–Crippen MR) is 117 cm³/mol. The van der Waals surface area contributed by atoms with Gasteiger partial charge in [-0.05, 0) is 24.5 Å². The minimum atomic E-state index is -1.06. The molecule has 2 heterocycles. The van der Waals surface area contributed by atoms with Crippen LogP contribution in [0.15, 0.2) is 76.9 Å². The monoisotopic (exact) mass is 430 g/mol. The van der Waals surface area contributed by atoms with Gasteiger partial charge in [0.05, 0.1) is 11.5 Å². The number of nitrogens with two attached hydrogens (primary N) is 1. The van der Waals surface area contributed by atoms with Crippen molar-refractivity contribution in [2.24, 2.45) is 5.73 Å². The molecule has 4 rings (SSSR count). The lowest BCUT2D eigenvalue weighted by atomic mass is 9.84. The zero-order chi connectivity index (χ0) is 22.8. The molecule has 1 aliphatic heterocycles. The summed E-state index contributed by atoms with van der Waals surface area (Å²) >= 11 is 0. The van der Waals surface area contributed by atoms with E-state index < -0.39 is 11.1 Å². The van der Waals surface area contributed by atoms with Crippen molar-refractivity contribution in [2.75, 3.05) is 0 Å². The van der Waals surface area contributed by atoms with Crippen LogP contribution < -0.4 is 21.3 Å². The van der Waals surface area contributed by atoms with Crippen LogP contribution >= 0.6 is 0 Å². The Bertz CT molecular complexity index is 1270. The Morgan fingerprint density at radius 2 is 1.91 bits per heavy atom. The molecule has 0 fully saturated rings. The number of nitriles is 1. The number of pyridine rings is 1. The first-order valence-electron chi connectivity index (χ1n) is 10.1. The van der Waals surface area contributed by atoms with Crippen molar-refractivity contribution in [3.8, 4) is 11.8 Å². The SMILES string of the molecule is Cc1cc2c(c(=O)n1CCc1ccccc1)C(c1ccc([NH+]([O-])O)cc1)C(C#N)=C(N)O2. The fourth-order valence-electron chi connectivity index (χ4n) is 4.00. The molecule has 4 N–H and O–H groups in total. The highest BCUT2D eigenvalue weighted by Crippen LogP contribution is 2.40. The van der Waals surface area contributed by atoms with E-state index in [4.69, 9.17) is 10.5 Å². The molecule has 0 aliphatic carbocycles. The highest BCUT2D eigenvalue weighted by atomic mass is 16.8. The molecular weight excluding hydrogens is 408 g/mol. The second kappa shape index (κ2) is 8.69. The first-order chi connectivity index (χ1) is 15.4.